The van der Waals surface area contributed by atoms with Gasteiger partial charge in [-0.2, -0.15) is 0 Å². The van der Waals surface area contributed by atoms with Crippen LogP contribution in [0.15, 0.2) is 23.8 Å². The minimum absolute atomic E-state index is 0. The Morgan fingerprint density at radius 2 is 1.91 bits per heavy atom. The maximum Gasteiger partial charge on any atom is 1.00 e. The van der Waals surface area contributed by atoms with Crippen LogP contribution in [0.2, 0.25) is 0 Å². The predicted molar refractivity (Wildman–Crippen MR) is 118 cm³/mol. The van der Waals surface area contributed by atoms with E-state index in [-0.39, 0.29) is 78.3 Å². The molecule has 0 unspecified atom stereocenters. The van der Waals surface area contributed by atoms with Gasteiger partial charge in [-0.3, -0.25) is 9.59 Å². The van der Waals surface area contributed by atoms with Crippen molar-refractivity contribution in [3.8, 4) is 0 Å². The van der Waals surface area contributed by atoms with Gasteiger partial charge in [-0.1, -0.05) is 32.4 Å². The van der Waals surface area contributed by atoms with Crippen LogP contribution in [0.1, 0.15) is 59.3 Å². The molecule has 0 aromatic carbocycles. The zero-order valence-electron chi connectivity index (χ0n) is 20.9. The van der Waals surface area contributed by atoms with Crippen molar-refractivity contribution in [3.05, 3.63) is 23.8 Å². The summed E-state index contributed by atoms with van der Waals surface area (Å²) in [6.07, 6.45) is 5.31. The first-order valence-corrected chi connectivity index (χ1v) is 12.1. The van der Waals surface area contributed by atoms with Crippen LogP contribution >= 0.6 is 0 Å². The number of aliphatic hydroxyl groups is 2. The second kappa shape index (κ2) is 9.86. The van der Waals surface area contributed by atoms with Gasteiger partial charge in [0.2, 0.25) is 0 Å². The molecule has 0 aliphatic heterocycles. The van der Waals surface area contributed by atoms with Crippen LogP contribution in [0.25, 0.3) is 0 Å². The predicted octanol–water partition coefficient (Wildman–Crippen LogP) is -2.11. The number of aliphatic hydroxyl groups excluding tert-OH is 1. The van der Waals surface area contributed by atoms with Gasteiger partial charge in [0.1, 0.15) is 6.61 Å². The molecule has 2 N–H and O–H groups in total. The fourth-order valence-electron chi connectivity index (χ4n) is 7.67. The van der Waals surface area contributed by atoms with Crippen LogP contribution in [0.4, 0.5) is 0 Å². The summed E-state index contributed by atoms with van der Waals surface area (Å²) in [7, 11) is 0. The molecule has 35 heavy (non-hydrogen) atoms. The van der Waals surface area contributed by atoms with Crippen LogP contribution in [-0.2, 0) is 23.9 Å². The zero-order chi connectivity index (χ0) is 25.1. The zero-order valence-corrected chi connectivity index (χ0v) is 22.9. The van der Waals surface area contributed by atoms with E-state index in [1.54, 1.807) is 12.2 Å². The van der Waals surface area contributed by atoms with Crippen molar-refractivity contribution < 1.29 is 68.8 Å². The molecule has 0 spiro atoms. The molecule has 186 valence electrons. The van der Waals surface area contributed by atoms with E-state index in [1.807, 2.05) is 13.0 Å². The average molecular weight is 497 g/mol. The van der Waals surface area contributed by atoms with Gasteiger partial charge in [0.25, 0.3) is 0 Å². The number of Topliss-reactive ketones (excluding diaryl/α,β-unsaturated/α-hetero) is 1. The number of esters is 1. The first-order valence-electron chi connectivity index (χ1n) is 12.1. The summed E-state index contributed by atoms with van der Waals surface area (Å²) in [6, 6.07) is 0. The van der Waals surface area contributed by atoms with Gasteiger partial charge in [0.15, 0.2) is 17.2 Å². The van der Waals surface area contributed by atoms with Gasteiger partial charge in [0.05, 0.1) is 6.10 Å². The molecule has 0 bridgehead atoms. The molecule has 0 amide bonds. The fraction of sp³-hybridized carbons (Fsp3) is 0.692. The number of hydrogen-bond acceptors (Lipinski definition) is 8. The molecule has 0 radical (unpaired) electrons. The minimum atomic E-state index is -1.85. The number of allylic oxidation sites excluding steroid dienone is 4. The van der Waals surface area contributed by atoms with Crippen molar-refractivity contribution in [2.75, 3.05) is 6.61 Å². The Balaban J connectivity index is 0.00000342. The molecular weight excluding hydrogens is 463 g/mol. The normalized spacial score (nSPS) is 41.6. The standard InChI is InChI=1S/C26H34O8.Na/c1-14-10-17-18-7-9-26(33,23(32)34-13-16(28)4-5-21(30)31)25(18,3)12-20(29)22(17)24(2)8-6-15(27)11-19(14)24;/h6,8,11,14,17-18,20,22,29,33H,4-5,7,9-10,12-13H2,1-3H3,(H,30,31);/q;+1/p-1/t14-,17-,18-,20-,22+,24-,25-,26-;/m0./s1. The number of carboxylic acids is 1. The fourth-order valence-corrected chi connectivity index (χ4v) is 7.67. The summed E-state index contributed by atoms with van der Waals surface area (Å²) in [5.74, 6) is -2.88. The van der Waals surface area contributed by atoms with E-state index in [2.05, 4.69) is 13.8 Å². The van der Waals surface area contributed by atoms with E-state index < -0.39 is 53.3 Å². The Bertz CT molecular complexity index is 988. The molecule has 0 saturated heterocycles. The number of carboxylic acid groups (broad SMARTS) is 1. The van der Waals surface area contributed by atoms with Gasteiger partial charge < -0.3 is 24.9 Å². The van der Waals surface area contributed by atoms with Crippen molar-refractivity contribution in [1.82, 2.24) is 0 Å². The van der Waals surface area contributed by atoms with Gasteiger partial charge in [-0.05, 0) is 62.0 Å². The number of aliphatic carboxylic acids is 1. The topological polar surface area (TPSA) is 141 Å². The molecule has 4 aliphatic rings. The molecule has 3 fully saturated rings. The SMILES string of the molecule is C[C@H]1C[C@@H]2[C@H]([C@@H](O)C[C@@]3(C)[C@H]2CC[C@]3(O)C(=O)OCC(=O)CCC(=O)[O-])[C@@]2(C)C=CC(=O)C=C12.[Na+]. The Morgan fingerprint density at radius 1 is 1.23 bits per heavy atom. The number of ketones is 2. The van der Waals surface area contributed by atoms with Crippen molar-refractivity contribution >= 4 is 23.5 Å². The number of carbonyl (C=O) groups is 4. The van der Waals surface area contributed by atoms with Gasteiger partial charge >= 0.3 is 35.5 Å². The van der Waals surface area contributed by atoms with Crippen molar-refractivity contribution in [1.29, 1.82) is 0 Å². The van der Waals surface area contributed by atoms with E-state index in [0.717, 1.165) is 12.0 Å². The quantitative estimate of drug-likeness (QED) is 0.314. The number of fused-ring (bicyclic) bond motifs is 5. The number of hydrogen-bond donors (Lipinski definition) is 2. The third-order valence-electron chi connectivity index (χ3n) is 9.28. The van der Waals surface area contributed by atoms with E-state index in [1.165, 1.54) is 0 Å². The van der Waals surface area contributed by atoms with E-state index in [9.17, 15) is 34.5 Å². The first kappa shape index (κ1) is 28.3. The number of carbonyl (C=O) groups excluding carboxylic acids is 4. The molecule has 4 rings (SSSR count). The summed E-state index contributed by atoms with van der Waals surface area (Å²) in [6.45, 7) is 5.36. The van der Waals surface area contributed by atoms with Crippen molar-refractivity contribution in [2.24, 2.45) is 34.5 Å². The maximum atomic E-state index is 13.0. The van der Waals surface area contributed by atoms with E-state index >= 15 is 0 Å². The van der Waals surface area contributed by atoms with Crippen LogP contribution in [0.5, 0.6) is 0 Å². The summed E-state index contributed by atoms with van der Waals surface area (Å²) >= 11 is 0. The number of ether oxygens (including phenoxy) is 1. The Labute approximate surface area is 227 Å². The molecule has 3 saturated carbocycles. The Kier molecular flexibility index (Phi) is 7.96. The summed E-state index contributed by atoms with van der Waals surface area (Å²) in [5.41, 5.74) is -2.23. The summed E-state index contributed by atoms with van der Waals surface area (Å²) < 4.78 is 5.16. The monoisotopic (exact) mass is 496 g/mol. The largest absolute Gasteiger partial charge is 1.00 e. The number of rotatable bonds is 6. The first-order chi connectivity index (χ1) is 15.8. The van der Waals surface area contributed by atoms with Crippen LogP contribution in [0, 0.1) is 34.5 Å². The second-order valence-electron chi connectivity index (χ2n) is 11.1. The molecule has 8 nitrogen and oxygen atoms in total. The third-order valence-corrected chi connectivity index (χ3v) is 9.28. The molecular formula is C26H33NaO8. The van der Waals surface area contributed by atoms with Gasteiger partial charge in [-0.25, -0.2) is 4.79 Å². The average Bonchev–Trinajstić information content (AvgIpc) is 3.03. The van der Waals surface area contributed by atoms with E-state index in [4.69, 9.17) is 4.74 Å². The summed E-state index contributed by atoms with van der Waals surface area (Å²) in [4.78, 5) is 47.5. The molecule has 0 aromatic rings. The maximum absolute atomic E-state index is 13.0. The van der Waals surface area contributed by atoms with Crippen molar-refractivity contribution in [3.63, 3.8) is 0 Å². The van der Waals surface area contributed by atoms with Crippen molar-refractivity contribution in [2.45, 2.75) is 71.0 Å². The smallest absolute Gasteiger partial charge is 0.550 e. The third kappa shape index (κ3) is 4.50. The van der Waals surface area contributed by atoms with Gasteiger partial charge in [-0.15, -0.1) is 0 Å². The van der Waals surface area contributed by atoms with E-state index in [0.29, 0.717) is 6.42 Å². The van der Waals surface area contributed by atoms with Crippen LogP contribution < -0.4 is 34.7 Å². The molecule has 0 aromatic heterocycles. The van der Waals surface area contributed by atoms with Crippen LogP contribution in [-0.4, -0.2) is 52.0 Å². The summed E-state index contributed by atoms with van der Waals surface area (Å²) in [5, 5.41) is 33.5. The molecule has 0 heterocycles. The minimum Gasteiger partial charge on any atom is -0.550 e. The Hall–Kier alpha value is -1.32. The van der Waals surface area contributed by atoms with Gasteiger partial charge in [0, 0.05) is 29.1 Å². The molecule has 4 aliphatic carbocycles. The van der Waals surface area contributed by atoms with Crippen LogP contribution in [0.3, 0.4) is 0 Å². The molecule has 8 atom stereocenters. The Morgan fingerprint density at radius 3 is 2.57 bits per heavy atom. The molecule has 9 heteroatoms. The second-order valence-corrected chi connectivity index (χ2v) is 11.1.